The molecule has 0 aliphatic carbocycles. The second-order valence-corrected chi connectivity index (χ2v) is 5.06. The van der Waals surface area contributed by atoms with Crippen molar-refractivity contribution >= 4 is 17.9 Å². The summed E-state index contributed by atoms with van der Waals surface area (Å²) in [5, 5.41) is 0. The highest BCUT2D eigenvalue weighted by molar-refractivity contribution is 6.21. The van der Waals surface area contributed by atoms with Gasteiger partial charge in [-0.25, -0.2) is 4.39 Å². The molecular weight excluding hydrogens is 297 g/mol. The molecule has 0 saturated carbocycles. The first-order valence-corrected chi connectivity index (χ1v) is 7.07. The average Bonchev–Trinajstić information content (AvgIpc) is 2.82. The number of ether oxygens (including phenoxy) is 1. The van der Waals surface area contributed by atoms with Gasteiger partial charge in [-0.2, -0.15) is 0 Å². The number of methoxy groups -OCH3 is 1. The van der Waals surface area contributed by atoms with E-state index in [1.54, 1.807) is 36.4 Å². The Hall–Kier alpha value is -2.95. The zero-order valence-corrected chi connectivity index (χ0v) is 12.5. The van der Waals surface area contributed by atoms with Crippen LogP contribution in [0.4, 0.5) is 4.39 Å². The molecule has 1 heterocycles. The Kier molecular flexibility index (Phi) is 3.93. The van der Waals surface area contributed by atoms with Crippen LogP contribution in [-0.2, 0) is 0 Å². The number of carbonyl (C=O) groups excluding carboxylic acids is 2. The van der Waals surface area contributed by atoms with Crippen LogP contribution in [0, 0.1) is 5.82 Å². The number of nitrogens with zero attached hydrogens (tertiary/aromatic N) is 1. The van der Waals surface area contributed by atoms with Crippen molar-refractivity contribution in [3.63, 3.8) is 0 Å². The molecular formula is C18H14FNO3. The molecule has 5 heteroatoms. The largest absolute Gasteiger partial charge is 0.497 e. The van der Waals surface area contributed by atoms with E-state index >= 15 is 0 Å². The molecule has 0 radical (unpaired) electrons. The monoisotopic (exact) mass is 311 g/mol. The summed E-state index contributed by atoms with van der Waals surface area (Å²) >= 11 is 0. The normalized spacial score (nSPS) is 13.7. The van der Waals surface area contributed by atoms with E-state index < -0.39 is 5.82 Å². The van der Waals surface area contributed by atoms with Crippen LogP contribution in [0.2, 0.25) is 0 Å². The third-order valence-electron chi connectivity index (χ3n) is 3.67. The zero-order valence-electron chi connectivity index (χ0n) is 12.5. The third-order valence-corrected chi connectivity index (χ3v) is 3.67. The summed E-state index contributed by atoms with van der Waals surface area (Å²) in [6.45, 7) is 0.0863. The van der Waals surface area contributed by atoms with Crippen LogP contribution >= 0.6 is 0 Å². The molecule has 0 unspecified atom stereocenters. The van der Waals surface area contributed by atoms with Gasteiger partial charge in [-0.15, -0.1) is 0 Å². The van der Waals surface area contributed by atoms with E-state index in [1.165, 1.54) is 25.3 Å². The van der Waals surface area contributed by atoms with Gasteiger partial charge in [0, 0.05) is 12.1 Å². The van der Waals surface area contributed by atoms with Crippen molar-refractivity contribution in [2.24, 2.45) is 0 Å². The number of carbonyl (C=O) groups is 2. The summed E-state index contributed by atoms with van der Waals surface area (Å²) in [7, 11) is 1.50. The minimum Gasteiger partial charge on any atom is -0.497 e. The van der Waals surface area contributed by atoms with E-state index in [1.807, 2.05) is 0 Å². The quantitative estimate of drug-likeness (QED) is 0.815. The van der Waals surface area contributed by atoms with Gasteiger partial charge in [-0.05, 0) is 30.3 Å². The maximum Gasteiger partial charge on any atom is 0.261 e. The number of fused-ring (bicyclic) bond motifs is 1. The second kappa shape index (κ2) is 6.04. The smallest absolute Gasteiger partial charge is 0.261 e. The summed E-state index contributed by atoms with van der Waals surface area (Å²) < 4.78 is 18.8. The Balaban J connectivity index is 1.77. The first kappa shape index (κ1) is 15.0. The lowest BCUT2D eigenvalue weighted by molar-refractivity contribution is 0.0672. The standard InChI is InChI=1S/C18H14FNO3/c1-23-13-8-9-16(19)12(11-13)5-4-10-20-17(21)14-6-2-3-7-15(14)18(20)22/h2-9,11H,10H2,1H3/b5-4-. The Morgan fingerprint density at radius 2 is 1.74 bits per heavy atom. The maximum absolute atomic E-state index is 13.7. The summed E-state index contributed by atoms with van der Waals surface area (Å²) in [4.78, 5) is 25.5. The van der Waals surface area contributed by atoms with Crippen LogP contribution in [0.15, 0.2) is 48.5 Å². The van der Waals surface area contributed by atoms with Gasteiger partial charge in [-0.3, -0.25) is 14.5 Å². The Morgan fingerprint density at radius 1 is 1.09 bits per heavy atom. The van der Waals surface area contributed by atoms with E-state index in [4.69, 9.17) is 4.74 Å². The van der Waals surface area contributed by atoms with Gasteiger partial charge in [0.1, 0.15) is 11.6 Å². The SMILES string of the molecule is COc1ccc(F)c(/C=C\CN2C(=O)c3ccccc3C2=O)c1. The molecule has 0 fully saturated rings. The Morgan fingerprint density at radius 3 is 2.35 bits per heavy atom. The third kappa shape index (κ3) is 2.73. The van der Waals surface area contributed by atoms with Crippen molar-refractivity contribution in [3.8, 4) is 5.75 Å². The van der Waals surface area contributed by atoms with E-state index in [0.29, 0.717) is 22.4 Å². The highest BCUT2D eigenvalue weighted by Crippen LogP contribution is 2.22. The number of imide groups is 1. The molecule has 0 atom stereocenters. The van der Waals surface area contributed by atoms with Gasteiger partial charge in [0.05, 0.1) is 18.2 Å². The van der Waals surface area contributed by atoms with Gasteiger partial charge >= 0.3 is 0 Å². The van der Waals surface area contributed by atoms with Crippen molar-refractivity contribution in [3.05, 3.63) is 71.0 Å². The van der Waals surface area contributed by atoms with Crippen LogP contribution in [0.3, 0.4) is 0 Å². The fourth-order valence-electron chi connectivity index (χ4n) is 2.47. The molecule has 2 aromatic rings. The zero-order chi connectivity index (χ0) is 16.4. The van der Waals surface area contributed by atoms with Crippen LogP contribution in [0.5, 0.6) is 5.75 Å². The number of hydrogen-bond donors (Lipinski definition) is 0. The van der Waals surface area contributed by atoms with E-state index in [-0.39, 0.29) is 18.4 Å². The summed E-state index contributed by atoms with van der Waals surface area (Å²) in [5.74, 6) is -0.529. The fraction of sp³-hybridized carbons (Fsp3) is 0.111. The predicted molar refractivity (Wildman–Crippen MR) is 83.8 cm³/mol. The molecule has 0 N–H and O–H groups in total. The maximum atomic E-state index is 13.7. The van der Waals surface area contributed by atoms with Gasteiger partial charge in [-0.1, -0.05) is 24.3 Å². The number of benzene rings is 2. The van der Waals surface area contributed by atoms with Gasteiger partial charge in [0.15, 0.2) is 0 Å². The van der Waals surface area contributed by atoms with Crippen LogP contribution in [0.25, 0.3) is 6.08 Å². The van der Waals surface area contributed by atoms with Crippen LogP contribution in [0.1, 0.15) is 26.3 Å². The molecule has 23 heavy (non-hydrogen) atoms. The molecule has 0 aromatic heterocycles. The van der Waals surface area contributed by atoms with Crippen molar-refractivity contribution in [2.75, 3.05) is 13.7 Å². The molecule has 0 spiro atoms. The summed E-state index contributed by atoms with van der Waals surface area (Å²) in [6.07, 6.45) is 3.11. The summed E-state index contributed by atoms with van der Waals surface area (Å²) in [6, 6.07) is 11.1. The first-order chi connectivity index (χ1) is 11.1. The van der Waals surface area contributed by atoms with E-state index in [0.717, 1.165) is 4.90 Å². The Bertz CT molecular complexity index is 779. The summed E-state index contributed by atoms with van der Waals surface area (Å²) in [5.41, 5.74) is 1.14. The molecule has 0 bridgehead atoms. The van der Waals surface area contributed by atoms with Gasteiger partial charge in [0.2, 0.25) is 0 Å². The molecule has 4 nitrogen and oxygen atoms in total. The Labute approximate surface area is 132 Å². The second-order valence-electron chi connectivity index (χ2n) is 5.06. The number of rotatable bonds is 4. The minimum absolute atomic E-state index is 0.0863. The lowest BCUT2D eigenvalue weighted by atomic mass is 10.1. The molecule has 0 saturated heterocycles. The molecule has 116 valence electrons. The van der Waals surface area contributed by atoms with Crippen molar-refractivity contribution in [1.82, 2.24) is 4.90 Å². The van der Waals surface area contributed by atoms with E-state index in [2.05, 4.69) is 0 Å². The lowest BCUT2D eigenvalue weighted by Gasteiger charge is -2.10. The molecule has 2 aromatic carbocycles. The van der Waals surface area contributed by atoms with Gasteiger partial charge in [0.25, 0.3) is 11.8 Å². The number of halogens is 1. The number of hydrogen-bond acceptors (Lipinski definition) is 3. The topological polar surface area (TPSA) is 46.6 Å². The predicted octanol–water partition coefficient (Wildman–Crippen LogP) is 3.14. The van der Waals surface area contributed by atoms with Crippen LogP contribution < -0.4 is 4.74 Å². The van der Waals surface area contributed by atoms with Crippen LogP contribution in [-0.4, -0.2) is 30.4 Å². The van der Waals surface area contributed by atoms with E-state index in [9.17, 15) is 14.0 Å². The fourth-order valence-corrected chi connectivity index (χ4v) is 2.47. The van der Waals surface area contributed by atoms with Gasteiger partial charge < -0.3 is 4.74 Å². The molecule has 3 rings (SSSR count). The van der Waals surface area contributed by atoms with Crippen molar-refractivity contribution in [2.45, 2.75) is 0 Å². The van der Waals surface area contributed by atoms with Crippen molar-refractivity contribution in [1.29, 1.82) is 0 Å². The molecule has 1 aliphatic rings. The number of amides is 2. The molecule has 1 aliphatic heterocycles. The highest BCUT2D eigenvalue weighted by Gasteiger charge is 2.34. The minimum atomic E-state index is -0.399. The lowest BCUT2D eigenvalue weighted by Crippen LogP contribution is -2.29. The highest BCUT2D eigenvalue weighted by atomic mass is 19.1. The van der Waals surface area contributed by atoms with Crippen molar-refractivity contribution < 1.29 is 18.7 Å². The first-order valence-electron chi connectivity index (χ1n) is 7.07. The molecule has 2 amide bonds. The average molecular weight is 311 g/mol.